The second kappa shape index (κ2) is 4.38. The number of carbonyl (C=O) groups is 1. The van der Waals surface area contributed by atoms with Gasteiger partial charge >= 0.3 is 5.97 Å². The van der Waals surface area contributed by atoms with Crippen molar-refractivity contribution in [2.45, 2.75) is 11.8 Å². The molecule has 18 heavy (non-hydrogen) atoms. The van der Waals surface area contributed by atoms with E-state index in [1.165, 1.54) is 12.1 Å². The molecule has 1 aliphatic rings. The first-order valence-corrected chi connectivity index (χ1v) is 7.05. The number of carbonyl (C=O) groups excluding carboxylic acids is 1. The largest absolute Gasteiger partial charge is 0.407 e. The predicted octanol–water partition coefficient (Wildman–Crippen LogP) is 1.41. The van der Waals surface area contributed by atoms with Crippen molar-refractivity contribution in [3.8, 4) is 0 Å². The van der Waals surface area contributed by atoms with Crippen molar-refractivity contribution in [2.24, 2.45) is 4.99 Å². The first kappa shape index (κ1) is 12.5. The van der Waals surface area contributed by atoms with E-state index in [0.717, 1.165) is 6.26 Å². The van der Waals surface area contributed by atoms with Crippen molar-refractivity contribution in [1.82, 2.24) is 0 Å². The molecule has 94 valence electrons. The fourth-order valence-electron chi connectivity index (χ4n) is 1.48. The Morgan fingerprint density at radius 2 is 1.83 bits per heavy atom. The molecule has 0 bridgehead atoms. The number of sulfone groups is 1. The van der Waals surface area contributed by atoms with E-state index in [2.05, 4.69) is 4.99 Å². The lowest BCUT2D eigenvalue weighted by atomic mass is 10.2. The molecule has 0 fully saturated rings. The Morgan fingerprint density at radius 3 is 2.28 bits per heavy atom. The van der Waals surface area contributed by atoms with Gasteiger partial charge in [-0.05, 0) is 23.8 Å². The van der Waals surface area contributed by atoms with Gasteiger partial charge in [0.25, 0.3) is 0 Å². The SMILES string of the molecule is CC1=N/C(=C/c2ccc(S(C)(=O)=O)cc2)C(=O)O1. The summed E-state index contributed by atoms with van der Waals surface area (Å²) in [7, 11) is -3.21. The molecular formula is C12H11NO4S. The molecule has 0 amide bonds. The van der Waals surface area contributed by atoms with E-state index in [1.54, 1.807) is 25.1 Å². The van der Waals surface area contributed by atoms with Gasteiger partial charge in [0, 0.05) is 13.2 Å². The fourth-order valence-corrected chi connectivity index (χ4v) is 2.12. The summed E-state index contributed by atoms with van der Waals surface area (Å²) in [5.74, 6) is -0.196. The summed E-state index contributed by atoms with van der Waals surface area (Å²) in [5.41, 5.74) is 0.896. The molecule has 0 N–H and O–H groups in total. The van der Waals surface area contributed by atoms with Crippen molar-refractivity contribution in [1.29, 1.82) is 0 Å². The molecule has 5 nitrogen and oxygen atoms in total. The molecule has 2 rings (SSSR count). The number of ether oxygens (including phenoxy) is 1. The topological polar surface area (TPSA) is 72.8 Å². The Morgan fingerprint density at radius 1 is 1.22 bits per heavy atom. The van der Waals surface area contributed by atoms with Crippen molar-refractivity contribution < 1.29 is 17.9 Å². The first-order chi connectivity index (χ1) is 8.36. The summed E-state index contributed by atoms with van der Waals surface area (Å²) in [6, 6.07) is 6.19. The molecule has 0 aromatic heterocycles. The van der Waals surface area contributed by atoms with Gasteiger partial charge in [-0.15, -0.1) is 0 Å². The van der Waals surface area contributed by atoms with Crippen LogP contribution in [0.3, 0.4) is 0 Å². The smallest absolute Gasteiger partial charge is 0.363 e. The van der Waals surface area contributed by atoms with E-state index < -0.39 is 15.8 Å². The third kappa shape index (κ3) is 2.65. The van der Waals surface area contributed by atoms with E-state index in [9.17, 15) is 13.2 Å². The van der Waals surface area contributed by atoms with E-state index in [1.807, 2.05) is 0 Å². The molecular weight excluding hydrogens is 254 g/mol. The predicted molar refractivity (Wildman–Crippen MR) is 66.7 cm³/mol. The molecule has 1 aliphatic heterocycles. The molecule has 6 heteroatoms. The maximum atomic E-state index is 11.3. The zero-order chi connectivity index (χ0) is 13.3. The molecule has 1 aromatic rings. The molecule has 0 saturated carbocycles. The van der Waals surface area contributed by atoms with Gasteiger partial charge in [-0.25, -0.2) is 18.2 Å². The molecule has 0 radical (unpaired) electrons. The summed E-state index contributed by atoms with van der Waals surface area (Å²) in [4.78, 5) is 15.5. The van der Waals surface area contributed by atoms with Gasteiger partial charge in [0.05, 0.1) is 4.90 Å². The number of hydrogen-bond donors (Lipinski definition) is 0. The number of hydrogen-bond acceptors (Lipinski definition) is 5. The van der Waals surface area contributed by atoms with Gasteiger partial charge in [0.2, 0.25) is 0 Å². The van der Waals surface area contributed by atoms with Crippen molar-refractivity contribution in [3.63, 3.8) is 0 Å². The monoisotopic (exact) mass is 265 g/mol. The summed E-state index contributed by atoms with van der Waals surface area (Å²) in [6.45, 7) is 1.59. The van der Waals surface area contributed by atoms with Gasteiger partial charge in [-0.2, -0.15) is 0 Å². The molecule has 0 spiro atoms. The van der Waals surface area contributed by atoms with Crippen molar-refractivity contribution in [2.75, 3.05) is 6.26 Å². The highest BCUT2D eigenvalue weighted by Crippen LogP contribution is 2.17. The van der Waals surface area contributed by atoms with Crippen LogP contribution in [0, 0.1) is 0 Å². The average Bonchev–Trinajstić information content (AvgIpc) is 2.57. The zero-order valence-electron chi connectivity index (χ0n) is 9.88. The summed E-state index contributed by atoms with van der Waals surface area (Å²) >= 11 is 0. The zero-order valence-corrected chi connectivity index (χ0v) is 10.7. The molecule has 1 heterocycles. The molecule has 0 atom stereocenters. The molecule has 0 aliphatic carbocycles. The standard InChI is InChI=1S/C12H11NO4S/c1-8-13-11(12(14)17-8)7-9-3-5-10(6-4-9)18(2,15)16/h3-7H,1-2H3/b11-7+. The van der Waals surface area contributed by atoms with Crippen LogP contribution in [0.1, 0.15) is 12.5 Å². The van der Waals surface area contributed by atoms with Gasteiger partial charge in [0.1, 0.15) is 0 Å². The Balaban J connectivity index is 2.32. The minimum absolute atomic E-state index is 0.208. The Labute approximate surface area is 105 Å². The van der Waals surface area contributed by atoms with E-state index in [4.69, 9.17) is 4.74 Å². The lowest BCUT2D eigenvalue weighted by Gasteiger charge is -1.98. The number of aliphatic imine (C=N–C) groups is 1. The Bertz CT molecular complexity index is 654. The van der Waals surface area contributed by atoms with Crippen LogP contribution in [0.5, 0.6) is 0 Å². The van der Waals surface area contributed by atoms with E-state index in [0.29, 0.717) is 11.5 Å². The van der Waals surface area contributed by atoms with Crippen LogP contribution in [0.15, 0.2) is 39.9 Å². The molecule has 0 unspecified atom stereocenters. The molecule has 0 saturated heterocycles. The first-order valence-electron chi connectivity index (χ1n) is 5.15. The van der Waals surface area contributed by atoms with Crippen LogP contribution >= 0.6 is 0 Å². The second-order valence-electron chi connectivity index (χ2n) is 3.89. The fraction of sp³-hybridized carbons (Fsp3) is 0.167. The molecule has 1 aromatic carbocycles. The van der Waals surface area contributed by atoms with Crippen LogP contribution in [0.2, 0.25) is 0 Å². The van der Waals surface area contributed by atoms with Gasteiger partial charge in [-0.1, -0.05) is 12.1 Å². The van der Waals surface area contributed by atoms with Crippen molar-refractivity contribution in [3.05, 3.63) is 35.5 Å². The van der Waals surface area contributed by atoms with Crippen LogP contribution < -0.4 is 0 Å². The lowest BCUT2D eigenvalue weighted by Crippen LogP contribution is -2.00. The van der Waals surface area contributed by atoms with E-state index >= 15 is 0 Å². The summed E-state index contributed by atoms with van der Waals surface area (Å²) < 4.78 is 27.3. The Kier molecular flexibility index (Phi) is 3.04. The number of benzene rings is 1. The highest BCUT2D eigenvalue weighted by Gasteiger charge is 2.19. The highest BCUT2D eigenvalue weighted by atomic mass is 32.2. The van der Waals surface area contributed by atoms with Gasteiger partial charge in [0.15, 0.2) is 21.4 Å². The highest BCUT2D eigenvalue weighted by molar-refractivity contribution is 7.90. The average molecular weight is 265 g/mol. The number of rotatable bonds is 2. The van der Waals surface area contributed by atoms with Gasteiger partial charge in [-0.3, -0.25) is 0 Å². The minimum atomic E-state index is -3.21. The Hall–Kier alpha value is -1.95. The lowest BCUT2D eigenvalue weighted by molar-refractivity contribution is -0.130. The number of esters is 1. The van der Waals surface area contributed by atoms with Crippen LogP contribution in [-0.4, -0.2) is 26.5 Å². The van der Waals surface area contributed by atoms with E-state index in [-0.39, 0.29) is 10.6 Å². The normalized spacial score (nSPS) is 17.8. The van der Waals surface area contributed by atoms with Crippen LogP contribution in [0.25, 0.3) is 6.08 Å². The minimum Gasteiger partial charge on any atom is -0.407 e. The third-order valence-electron chi connectivity index (χ3n) is 2.34. The van der Waals surface area contributed by atoms with Gasteiger partial charge < -0.3 is 4.74 Å². The quantitative estimate of drug-likeness (QED) is 0.598. The van der Waals surface area contributed by atoms with Crippen LogP contribution in [-0.2, 0) is 19.4 Å². The number of nitrogens with zero attached hydrogens (tertiary/aromatic N) is 1. The second-order valence-corrected chi connectivity index (χ2v) is 5.91. The number of cyclic esters (lactones) is 1. The van der Waals surface area contributed by atoms with Crippen LogP contribution in [0.4, 0.5) is 0 Å². The van der Waals surface area contributed by atoms with Crippen molar-refractivity contribution >= 4 is 27.8 Å². The summed E-state index contributed by atoms with van der Waals surface area (Å²) in [5, 5.41) is 0. The maximum Gasteiger partial charge on any atom is 0.363 e. The summed E-state index contributed by atoms with van der Waals surface area (Å²) in [6.07, 6.45) is 2.69. The third-order valence-corrected chi connectivity index (χ3v) is 3.47. The maximum absolute atomic E-state index is 11.3.